The van der Waals surface area contributed by atoms with Crippen LogP contribution in [0.4, 0.5) is 0 Å². The Hall–Kier alpha value is -0.420. The number of thiophene rings is 1. The van der Waals surface area contributed by atoms with Gasteiger partial charge in [-0.05, 0) is 32.2 Å². The lowest BCUT2D eigenvalue weighted by Crippen LogP contribution is -2.27. The molecule has 0 aliphatic heterocycles. The molecule has 2 N–H and O–H groups in total. The Kier molecular flexibility index (Phi) is 5.98. The zero-order valence-corrected chi connectivity index (χ0v) is 11.0. The van der Waals surface area contributed by atoms with E-state index in [-0.39, 0.29) is 18.2 Å². The SMILES string of the molecule is CC(C)OCCOC(c1cccs1)C(C)N. The fourth-order valence-electron chi connectivity index (χ4n) is 1.41. The molecule has 2 unspecified atom stereocenters. The largest absolute Gasteiger partial charge is 0.376 e. The Balaban J connectivity index is 2.35. The first kappa shape index (κ1) is 13.6. The van der Waals surface area contributed by atoms with Crippen molar-refractivity contribution >= 4 is 11.3 Å². The second-order valence-electron chi connectivity index (χ2n) is 4.09. The summed E-state index contributed by atoms with van der Waals surface area (Å²) in [6, 6.07) is 4.07. The maximum atomic E-state index is 5.91. The molecule has 1 rings (SSSR count). The lowest BCUT2D eigenvalue weighted by molar-refractivity contribution is -0.0188. The lowest BCUT2D eigenvalue weighted by Gasteiger charge is -2.20. The Morgan fingerprint density at radius 3 is 2.44 bits per heavy atom. The molecule has 0 aromatic carbocycles. The quantitative estimate of drug-likeness (QED) is 0.749. The van der Waals surface area contributed by atoms with E-state index >= 15 is 0 Å². The van der Waals surface area contributed by atoms with Gasteiger partial charge in [0.05, 0.1) is 19.3 Å². The van der Waals surface area contributed by atoms with Crippen molar-refractivity contribution in [2.24, 2.45) is 5.73 Å². The number of nitrogens with two attached hydrogens (primary N) is 1. The van der Waals surface area contributed by atoms with Gasteiger partial charge in [0.25, 0.3) is 0 Å². The molecule has 92 valence electrons. The van der Waals surface area contributed by atoms with Crippen LogP contribution in [0.5, 0.6) is 0 Å². The van der Waals surface area contributed by atoms with Gasteiger partial charge in [-0.1, -0.05) is 6.07 Å². The van der Waals surface area contributed by atoms with Gasteiger partial charge >= 0.3 is 0 Å². The van der Waals surface area contributed by atoms with Crippen molar-refractivity contribution < 1.29 is 9.47 Å². The van der Waals surface area contributed by atoms with E-state index in [9.17, 15) is 0 Å². The molecule has 0 spiro atoms. The van der Waals surface area contributed by atoms with Gasteiger partial charge in [-0.25, -0.2) is 0 Å². The summed E-state index contributed by atoms with van der Waals surface area (Å²) in [7, 11) is 0. The zero-order chi connectivity index (χ0) is 12.0. The zero-order valence-electron chi connectivity index (χ0n) is 10.2. The highest BCUT2D eigenvalue weighted by atomic mass is 32.1. The van der Waals surface area contributed by atoms with Crippen LogP contribution in [0.2, 0.25) is 0 Å². The van der Waals surface area contributed by atoms with Crippen LogP contribution < -0.4 is 5.73 Å². The summed E-state index contributed by atoms with van der Waals surface area (Å²) >= 11 is 1.68. The molecular formula is C12H21NO2S. The van der Waals surface area contributed by atoms with E-state index in [2.05, 4.69) is 6.07 Å². The Labute approximate surface area is 102 Å². The van der Waals surface area contributed by atoms with E-state index < -0.39 is 0 Å². The highest BCUT2D eigenvalue weighted by Crippen LogP contribution is 2.24. The summed E-state index contributed by atoms with van der Waals surface area (Å²) in [5.41, 5.74) is 5.91. The van der Waals surface area contributed by atoms with Crippen molar-refractivity contribution in [1.29, 1.82) is 0 Å². The maximum Gasteiger partial charge on any atom is 0.106 e. The first-order valence-electron chi connectivity index (χ1n) is 5.63. The third-order valence-corrected chi connectivity index (χ3v) is 3.07. The molecule has 0 amide bonds. The van der Waals surface area contributed by atoms with Crippen LogP contribution in [0.3, 0.4) is 0 Å². The Bertz CT molecular complexity index is 273. The highest BCUT2D eigenvalue weighted by Gasteiger charge is 2.17. The maximum absolute atomic E-state index is 5.91. The van der Waals surface area contributed by atoms with E-state index in [0.29, 0.717) is 13.2 Å². The molecule has 0 saturated carbocycles. The highest BCUT2D eigenvalue weighted by molar-refractivity contribution is 7.10. The van der Waals surface area contributed by atoms with Crippen molar-refractivity contribution in [1.82, 2.24) is 0 Å². The second kappa shape index (κ2) is 7.01. The van der Waals surface area contributed by atoms with Gasteiger partial charge in [0.15, 0.2) is 0 Å². The van der Waals surface area contributed by atoms with E-state index in [0.717, 1.165) is 0 Å². The topological polar surface area (TPSA) is 44.5 Å². The number of hydrogen-bond acceptors (Lipinski definition) is 4. The molecule has 0 aliphatic carbocycles. The van der Waals surface area contributed by atoms with E-state index in [4.69, 9.17) is 15.2 Å². The third-order valence-electron chi connectivity index (χ3n) is 2.13. The monoisotopic (exact) mass is 243 g/mol. The normalized spacial score (nSPS) is 15.3. The molecule has 0 bridgehead atoms. The van der Waals surface area contributed by atoms with Crippen LogP contribution in [-0.4, -0.2) is 25.4 Å². The summed E-state index contributed by atoms with van der Waals surface area (Å²) in [5, 5.41) is 2.04. The van der Waals surface area contributed by atoms with Crippen LogP contribution >= 0.6 is 11.3 Å². The number of rotatable bonds is 7. The average Bonchev–Trinajstić information content (AvgIpc) is 2.69. The summed E-state index contributed by atoms with van der Waals surface area (Å²) in [4.78, 5) is 1.18. The van der Waals surface area contributed by atoms with Gasteiger partial charge < -0.3 is 15.2 Å². The fraction of sp³-hybridized carbons (Fsp3) is 0.667. The predicted molar refractivity (Wildman–Crippen MR) is 67.7 cm³/mol. The van der Waals surface area contributed by atoms with Gasteiger partial charge in [-0.3, -0.25) is 0 Å². The smallest absolute Gasteiger partial charge is 0.106 e. The molecule has 16 heavy (non-hydrogen) atoms. The number of ether oxygens (including phenoxy) is 2. The molecule has 0 aliphatic rings. The fourth-order valence-corrected chi connectivity index (χ4v) is 2.29. The van der Waals surface area contributed by atoms with Crippen LogP contribution in [0, 0.1) is 0 Å². The molecule has 1 heterocycles. The minimum absolute atomic E-state index is 0.00213. The van der Waals surface area contributed by atoms with Gasteiger partial charge in [-0.15, -0.1) is 11.3 Å². The van der Waals surface area contributed by atoms with Crippen LogP contribution in [0.15, 0.2) is 17.5 Å². The van der Waals surface area contributed by atoms with Gasteiger partial charge in [0, 0.05) is 10.9 Å². The Morgan fingerprint density at radius 2 is 1.94 bits per heavy atom. The summed E-state index contributed by atoms with van der Waals surface area (Å²) in [6.07, 6.45) is 0.231. The molecule has 0 fully saturated rings. The average molecular weight is 243 g/mol. The molecule has 1 aromatic heterocycles. The summed E-state index contributed by atoms with van der Waals surface area (Å²) < 4.78 is 11.2. The van der Waals surface area contributed by atoms with Crippen molar-refractivity contribution in [3.8, 4) is 0 Å². The van der Waals surface area contributed by atoms with Crippen LogP contribution in [-0.2, 0) is 9.47 Å². The lowest BCUT2D eigenvalue weighted by atomic mass is 10.1. The molecule has 0 saturated heterocycles. The van der Waals surface area contributed by atoms with Crippen molar-refractivity contribution in [2.45, 2.75) is 39.0 Å². The van der Waals surface area contributed by atoms with E-state index in [1.54, 1.807) is 11.3 Å². The molecule has 1 aromatic rings. The minimum Gasteiger partial charge on any atom is -0.376 e. The minimum atomic E-state index is -0.0178. The first-order valence-corrected chi connectivity index (χ1v) is 6.51. The summed E-state index contributed by atoms with van der Waals surface area (Å²) in [6.45, 7) is 7.20. The second-order valence-corrected chi connectivity index (χ2v) is 5.06. The molecule has 4 heteroatoms. The summed E-state index contributed by atoms with van der Waals surface area (Å²) in [5.74, 6) is 0. The van der Waals surface area contributed by atoms with Gasteiger partial charge in [-0.2, -0.15) is 0 Å². The van der Waals surface area contributed by atoms with Crippen LogP contribution in [0.1, 0.15) is 31.8 Å². The van der Waals surface area contributed by atoms with E-state index in [1.807, 2.05) is 32.2 Å². The van der Waals surface area contributed by atoms with Crippen LogP contribution in [0.25, 0.3) is 0 Å². The van der Waals surface area contributed by atoms with Gasteiger partial charge in [0.2, 0.25) is 0 Å². The van der Waals surface area contributed by atoms with Crippen molar-refractivity contribution in [2.75, 3.05) is 13.2 Å². The molecule has 3 nitrogen and oxygen atoms in total. The molecule has 2 atom stereocenters. The molecular weight excluding hydrogens is 222 g/mol. The van der Waals surface area contributed by atoms with Gasteiger partial charge in [0.1, 0.15) is 6.10 Å². The standard InChI is InChI=1S/C12H21NO2S/c1-9(2)14-6-7-15-12(10(3)13)11-5-4-8-16-11/h4-5,8-10,12H,6-7,13H2,1-3H3. The first-order chi connectivity index (χ1) is 7.61. The predicted octanol–water partition coefficient (Wildman–Crippen LogP) is 2.58. The van der Waals surface area contributed by atoms with Crippen molar-refractivity contribution in [3.05, 3.63) is 22.4 Å². The number of hydrogen-bond donors (Lipinski definition) is 1. The van der Waals surface area contributed by atoms with Crippen molar-refractivity contribution in [3.63, 3.8) is 0 Å². The molecule has 0 radical (unpaired) electrons. The Morgan fingerprint density at radius 1 is 1.25 bits per heavy atom. The van der Waals surface area contributed by atoms with E-state index in [1.165, 1.54) is 4.88 Å². The third kappa shape index (κ3) is 4.61.